The largest absolute Gasteiger partial charge is 0.369 e. The Morgan fingerprint density at radius 3 is 2.45 bits per heavy atom. The molecule has 1 N–H and O–H groups in total. The zero-order valence-electron chi connectivity index (χ0n) is 19.0. The van der Waals surface area contributed by atoms with E-state index in [0.29, 0.717) is 17.0 Å². The lowest BCUT2D eigenvalue weighted by Crippen LogP contribution is -2.44. The summed E-state index contributed by atoms with van der Waals surface area (Å²) in [6, 6.07) is 8.54. The topological polar surface area (TPSA) is 73.3 Å². The number of likely N-dealkylation sites (N-methyl/N-ethyl adjacent to an activating group) is 1. The Labute approximate surface area is 184 Å². The highest BCUT2D eigenvalue weighted by Crippen LogP contribution is 2.25. The van der Waals surface area contributed by atoms with Crippen molar-refractivity contribution in [3.8, 4) is 11.4 Å². The standard InChI is InChI=1S/C23H32N8/c1-17-16-25-20-22(24-10-5-11-29(2)3)27-21(28-23(20)26-17)18-6-8-19(9-7-18)31-14-12-30(4)13-15-31/h6-9,16H,5,10-15H2,1-4H3,(H,24,26,27,28). The molecule has 8 nitrogen and oxygen atoms in total. The summed E-state index contributed by atoms with van der Waals surface area (Å²) in [4.78, 5) is 25.6. The third-order valence-corrected chi connectivity index (χ3v) is 5.60. The van der Waals surface area contributed by atoms with Gasteiger partial charge >= 0.3 is 0 Å². The zero-order chi connectivity index (χ0) is 21.8. The van der Waals surface area contributed by atoms with Crippen LogP contribution in [-0.4, -0.2) is 90.1 Å². The lowest BCUT2D eigenvalue weighted by Gasteiger charge is -2.34. The lowest BCUT2D eigenvalue weighted by molar-refractivity contribution is 0.313. The van der Waals surface area contributed by atoms with Gasteiger partial charge in [-0.3, -0.25) is 0 Å². The van der Waals surface area contributed by atoms with Gasteiger partial charge in [0, 0.05) is 50.2 Å². The van der Waals surface area contributed by atoms with Crippen molar-refractivity contribution in [2.24, 2.45) is 0 Å². The third kappa shape index (κ3) is 5.26. The molecule has 0 amide bonds. The van der Waals surface area contributed by atoms with Crippen molar-refractivity contribution < 1.29 is 0 Å². The molecule has 164 valence electrons. The smallest absolute Gasteiger partial charge is 0.184 e. The number of nitrogens with zero attached hydrogens (tertiary/aromatic N) is 7. The summed E-state index contributed by atoms with van der Waals surface area (Å²) in [5.41, 5.74) is 4.42. The average molecular weight is 421 g/mol. The monoisotopic (exact) mass is 420 g/mol. The second kappa shape index (κ2) is 9.53. The molecule has 3 aromatic rings. The Morgan fingerprint density at radius 2 is 1.74 bits per heavy atom. The molecular weight excluding hydrogens is 388 g/mol. The molecule has 1 aromatic carbocycles. The number of piperazine rings is 1. The minimum absolute atomic E-state index is 0.628. The quantitative estimate of drug-likeness (QED) is 0.585. The van der Waals surface area contributed by atoms with Crippen LogP contribution in [0.3, 0.4) is 0 Å². The minimum atomic E-state index is 0.628. The van der Waals surface area contributed by atoms with Gasteiger partial charge in [-0.2, -0.15) is 0 Å². The van der Waals surface area contributed by atoms with Gasteiger partial charge in [0.15, 0.2) is 17.3 Å². The second-order valence-corrected chi connectivity index (χ2v) is 8.50. The van der Waals surface area contributed by atoms with E-state index in [9.17, 15) is 0 Å². The van der Waals surface area contributed by atoms with Crippen molar-refractivity contribution in [1.29, 1.82) is 0 Å². The van der Waals surface area contributed by atoms with E-state index in [-0.39, 0.29) is 0 Å². The number of benzene rings is 1. The first-order chi connectivity index (χ1) is 15.0. The highest BCUT2D eigenvalue weighted by Gasteiger charge is 2.15. The Morgan fingerprint density at radius 1 is 1.00 bits per heavy atom. The van der Waals surface area contributed by atoms with Crippen LogP contribution < -0.4 is 10.2 Å². The summed E-state index contributed by atoms with van der Waals surface area (Å²) in [7, 11) is 6.34. The molecule has 0 unspecified atom stereocenters. The number of anilines is 2. The second-order valence-electron chi connectivity index (χ2n) is 8.50. The molecule has 0 saturated carbocycles. The predicted octanol–water partition coefficient (Wildman–Crippen LogP) is 2.51. The van der Waals surface area contributed by atoms with Gasteiger partial charge in [-0.25, -0.2) is 19.9 Å². The van der Waals surface area contributed by atoms with Gasteiger partial charge < -0.3 is 20.0 Å². The van der Waals surface area contributed by atoms with E-state index < -0.39 is 0 Å². The third-order valence-electron chi connectivity index (χ3n) is 5.60. The van der Waals surface area contributed by atoms with Crippen LogP contribution >= 0.6 is 0 Å². The molecule has 0 aliphatic carbocycles. The van der Waals surface area contributed by atoms with E-state index in [0.717, 1.165) is 62.8 Å². The van der Waals surface area contributed by atoms with Gasteiger partial charge in [-0.15, -0.1) is 0 Å². The highest BCUT2D eigenvalue weighted by molar-refractivity contribution is 5.84. The maximum atomic E-state index is 4.81. The molecule has 0 radical (unpaired) electrons. The van der Waals surface area contributed by atoms with Crippen molar-refractivity contribution in [3.05, 3.63) is 36.2 Å². The number of fused-ring (bicyclic) bond motifs is 1. The van der Waals surface area contributed by atoms with Crippen molar-refractivity contribution in [2.75, 3.05) is 70.6 Å². The molecule has 0 spiro atoms. The van der Waals surface area contributed by atoms with Crippen molar-refractivity contribution in [1.82, 2.24) is 29.7 Å². The van der Waals surface area contributed by atoms with Crippen LogP contribution in [0.25, 0.3) is 22.6 Å². The summed E-state index contributed by atoms with van der Waals surface area (Å²) in [6.45, 7) is 8.07. The first-order valence-corrected chi connectivity index (χ1v) is 10.9. The first-order valence-electron chi connectivity index (χ1n) is 10.9. The number of hydrogen-bond acceptors (Lipinski definition) is 8. The van der Waals surface area contributed by atoms with Gasteiger partial charge in [0.05, 0.1) is 5.69 Å². The molecule has 1 aliphatic rings. The molecule has 3 heterocycles. The molecule has 8 heteroatoms. The van der Waals surface area contributed by atoms with Crippen molar-refractivity contribution >= 4 is 22.7 Å². The fourth-order valence-electron chi connectivity index (χ4n) is 3.73. The van der Waals surface area contributed by atoms with Crippen LogP contribution in [0.1, 0.15) is 12.1 Å². The Bertz CT molecular complexity index is 1010. The van der Waals surface area contributed by atoms with Gasteiger partial charge in [0.1, 0.15) is 5.52 Å². The molecule has 0 bridgehead atoms. The minimum Gasteiger partial charge on any atom is -0.369 e. The summed E-state index contributed by atoms with van der Waals surface area (Å²) in [5, 5.41) is 3.45. The molecule has 2 aromatic heterocycles. The van der Waals surface area contributed by atoms with Crippen LogP contribution in [0, 0.1) is 6.92 Å². The van der Waals surface area contributed by atoms with Crippen LogP contribution in [0.2, 0.25) is 0 Å². The number of aromatic nitrogens is 4. The van der Waals surface area contributed by atoms with Crippen LogP contribution in [0.5, 0.6) is 0 Å². The number of aryl methyl sites for hydroxylation is 1. The molecule has 31 heavy (non-hydrogen) atoms. The van der Waals surface area contributed by atoms with Gasteiger partial charge in [0.25, 0.3) is 0 Å². The molecule has 1 fully saturated rings. The molecular formula is C23H32N8. The summed E-state index contributed by atoms with van der Waals surface area (Å²) < 4.78 is 0. The predicted molar refractivity (Wildman–Crippen MR) is 127 cm³/mol. The molecule has 0 atom stereocenters. The fraction of sp³-hybridized carbons (Fsp3) is 0.478. The van der Waals surface area contributed by atoms with E-state index in [1.807, 2.05) is 6.92 Å². The number of rotatable bonds is 7. The van der Waals surface area contributed by atoms with E-state index in [1.165, 1.54) is 5.69 Å². The summed E-state index contributed by atoms with van der Waals surface area (Å²) >= 11 is 0. The number of hydrogen-bond donors (Lipinski definition) is 1. The fourth-order valence-corrected chi connectivity index (χ4v) is 3.73. The summed E-state index contributed by atoms with van der Waals surface area (Å²) in [5.74, 6) is 1.42. The Balaban J connectivity index is 1.59. The average Bonchev–Trinajstić information content (AvgIpc) is 2.76. The van der Waals surface area contributed by atoms with Gasteiger partial charge in [-0.05, 0) is 65.3 Å². The first kappa shape index (κ1) is 21.4. The van der Waals surface area contributed by atoms with Crippen LogP contribution in [-0.2, 0) is 0 Å². The Kier molecular flexibility index (Phi) is 6.58. The summed E-state index contributed by atoms with van der Waals surface area (Å²) in [6.07, 6.45) is 2.79. The lowest BCUT2D eigenvalue weighted by atomic mass is 10.1. The van der Waals surface area contributed by atoms with Gasteiger partial charge in [-0.1, -0.05) is 0 Å². The highest BCUT2D eigenvalue weighted by atomic mass is 15.2. The van der Waals surface area contributed by atoms with E-state index >= 15 is 0 Å². The molecule has 1 saturated heterocycles. The Hall–Kier alpha value is -2.84. The van der Waals surface area contributed by atoms with E-state index in [4.69, 9.17) is 9.97 Å². The molecule has 4 rings (SSSR count). The van der Waals surface area contributed by atoms with Crippen molar-refractivity contribution in [3.63, 3.8) is 0 Å². The molecule has 1 aliphatic heterocycles. The zero-order valence-corrected chi connectivity index (χ0v) is 19.0. The van der Waals surface area contributed by atoms with Gasteiger partial charge in [0.2, 0.25) is 0 Å². The van der Waals surface area contributed by atoms with E-state index in [2.05, 4.69) is 75.4 Å². The van der Waals surface area contributed by atoms with Crippen molar-refractivity contribution in [2.45, 2.75) is 13.3 Å². The van der Waals surface area contributed by atoms with Crippen LogP contribution in [0.4, 0.5) is 11.5 Å². The van der Waals surface area contributed by atoms with E-state index in [1.54, 1.807) is 6.20 Å². The maximum absolute atomic E-state index is 4.81. The SMILES string of the molecule is Cc1cnc2c(NCCCN(C)C)nc(-c3ccc(N4CCN(C)CC4)cc3)nc2n1. The number of nitrogens with one attached hydrogen (secondary N) is 1. The normalized spacial score (nSPS) is 15.1. The maximum Gasteiger partial charge on any atom is 0.184 e. The van der Waals surface area contributed by atoms with Crippen LogP contribution in [0.15, 0.2) is 30.5 Å².